The zero-order valence-electron chi connectivity index (χ0n) is 11.2. The molecule has 0 radical (unpaired) electrons. The lowest BCUT2D eigenvalue weighted by Gasteiger charge is -2.22. The molecule has 1 aromatic heterocycles. The first-order chi connectivity index (χ1) is 9.40. The normalized spacial score (nSPS) is 18.9. The number of hydrogen-bond donors (Lipinski definition) is 2. The van der Waals surface area contributed by atoms with Crippen molar-refractivity contribution in [3.63, 3.8) is 0 Å². The first-order valence-corrected chi connectivity index (χ1v) is 7.20. The lowest BCUT2D eigenvalue weighted by molar-refractivity contribution is -0.922. The third-order valence-electron chi connectivity index (χ3n) is 4.22. The van der Waals surface area contributed by atoms with Crippen molar-refractivity contribution in [2.24, 2.45) is 0 Å². The van der Waals surface area contributed by atoms with Crippen molar-refractivity contribution in [3.05, 3.63) is 36.0 Å². The average molecular weight is 254 g/mol. The van der Waals surface area contributed by atoms with Gasteiger partial charge in [0, 0.05) is 22.7 Å². The van der Waals surface area contributed by atoms with E-state index in [1.54, 1.807) is 0 Å². The minimum absolute atomic E-state index is 0.0331. The highest BCUT2D eigenvalue weighted by Crippen LogP contribution is 2.22. The minimum atomic E-state index is -0.0331. The van der Waals surface area contributed by atoms with Crippen molar-refractivity contribution < 1.29 is 4.90 Å². The van der Waals surface area contributed by atoms with Crippen LogP contribution in [0.3, 0.4) is 0 Å². The van der Waals surface area contributed by atoms with E-state index in [9.17, 15) is 5.26 Å². The van der Waals surface area contributed by atoms with Gasteiger partial charge in [-0.3, -0.25) is 0 Å². The van der Waals surface area contributed by atoms with E-state index in [1.165, 1.54) is 36.0 Å². The molecule has 98 valence electrons. The number of aromatic nitrogens is 1. The fraction of sp³-hybridized carbons (Fsp3) is 0.438. The van der Waals surface area contributed by atoms with Gasteiger partial charge in [0.1, 0.15) is 6.07 Å². The summed E-state index contributed by atoms with van der Waals surface area (Å²) < 4.78 is 0. The lowest BCUT2D eigenvalue weighted by Crippen LogP contribution is -3.12. The zero-order valence-corrected chi connectivity index (χ0v) is 11.2. The number of likely N-dealkylation sites (tertiary alicyclic amines) is 1. The summed E-state index contributed by atoms with van der Waals surface area (Å²) in [4.78, 5) is 4.73. The number of benzene rings is 1. The zero-order chi connectivity index (χ0) is 13.1. The number of hydrogen-bond acceptors (Lipinski definition) is 1. The lowest BCUT2D eigenvalue weighted by atomic mass is 10.1. The molecule has 2 N–H and O–H groups in total. The molecule has 1 aromatic carbocycles. The number of nitrogens with one attached hydrogen (secondary N) is 2. The van der Waals surface area contributed by atoms with Crippen LogP contribution < -0.4 is 4.90 Å². The van der Waals surface area contributed by atoms with E-state index in [0.29, 0.717) is 0 Å². The Labute approximate surface area is 113 Å². The molecular formula is C16H20N3+. The van der Waals surface area contributed by atoms with E-state index < -0.39 is 0 Å². The Morgan fingerprint density at radius 1 is 1.11 bits per heavy atom. The van der Waals surface area contributed by atoms with Crippen molar-refractivity contribution >= 4 is 10.9 Å². The van der Waals surface area contributed by atoms with Crippen molar-refractivity contribution in [1.29, 1.82) is 5.26 Å². The van der Waals surface area contributed by atoms with Crippen LogP contribution in [-0.2, 0) is 0 Å². The van der Waals surface area contributed by atoms with Gasteiger partial charge >= 0.3 is 0 Å². The van der Waals surface area contributed by atoms with Crippen LogP contribution in [0.5, 0.6) is 0 Å². The van der Waals surface area contributed by atoms with Crippen molar-refractivity contribution in [2.45, 2.75) is 31.7 Å². The third-order valence-corrected chi connectivity index (χ3v) is 4.22. The molecular weight excluding hydrogens is 234 g/mol. The maximum atomic E-state index is 9.62. The summed E-state index contributed by atoms with van der Waals surface area (Å²) in [5, 5.41) is 10.8. The van der Waals surface area contributed by atoms with Crippen molar-refractivity contribution in [2.75, 3.05) is 13.1 Å². The summed E-state index contributed by atoms with van der Waals surface area (Å²) in [5.74, 6) is 0. The van der Waals surface area contributed by atoms with Gasteiger partial charge in [-0.15, -0.1) is 0 Å². The molecule has 0 spiro atoms. The second-order valence-corrected chi connectivity index (χ2v) is 5.42. The van der Waals surface area contributed by atoms with Gasteiger partial charge in [0.05, 0.1) is 13.1 Å². The van der Waals surface area contributed by atoms with Gasteiger partial charge in [-0.2, -0.15) is 5.26 Å². The molecule has 1 aliphatic rings. The quantitative estimate of drug-likeness (QED) is 0.847. The molecule has 3 heteroatoms. The molecule has 0 unspecified atom stereocenters. The molecule has 3 rings (SSSR count). The van der Waals surface area contributed by atoms with Gasteiger partial charge in [0.2, 0.25) is 6.04 Å². The third kappa shape index (κ3) is 2.36. The number of para-hydroxylation sites is 1. The molecule has 1 fully saturated rings. The van der Waals surface area contributed by atoms with Gasteiger partial charge in [-0.25, -0.2) is 0 Å². The molecule has 0 bridgehead atoms. The van der Waals surface area contributed by atoms with E-state index in [1.807, 2.05) is 18.3 Å². The molecule has 2 aromatic rings. The molecule has 19 heavy (non-hydrogen) atoms. The fourth-order valence-corrected chi connectivity index (χ4v) is 3.18. The standard InChI is InChI=1S/C16H19N3/c17-11-16(19-9-5-1-2-6-10-19)14-12-18-15-8-4-3-7-13(14)15/h3-4,7-8,12,16,18H,1-2,5-6,9-10H2/p+1/t16-/m1/s1. The van der Waals surface area contributed by atoms with E-state index in [2.05, 4.69) is 23.2 Å². The summed E-state index contributed by atoms with van der Waals surface area (Å²) in [6, 6.07) is 10.8. The summed E-state index contributed by atoms with van der Waals surface area (Å²) in [6.07, 6.45) is 7.15. The first-order valence-electron chi connectivity index (χ1n) is 7.20. The number of nitriles is 1. The van der Waals surface area contributed by atoms with Crippen LogP contribution in [0.25, 0.3) is 10.9 Å². The minimum Gasteiger partial charge on any atom is -0.361 e. The summed E-state index contributed by atoms with van der Waals surface area (Å²) in [6.45, 7) is 2.25. The Morgan fingerprint density at radius 2 is 1.84 bits per heavy atom. The van der Waals surface area contributed by atoms with Gasteiger partial charge in [0.25, 0.3) is 0 Å². The van der Waals surface area contributed by atoms with Gasteiger partial charge in [0.15, 0.2) is 0 Å². The molecule has 2 heterocycles. The SMILES string of the molecule is N#C[C@H](c1c[nH]c2ccccc12)[NH+]1CCCCCC1. The largest absolute Gasteiger partial charge is 0.361 e. The molecule has 0 amide bonds. The number of fused-ring (bicyclic) bond motifs is 1. The van der Waals surface area contributed by atoms with Crippen LogP contribution in [0.1, 0.15) is 37.3 Å². The van der Waals surface area contributed by atoms with Crippen LogP contribution in [-0.4, -0.2) is 18.1 Å². The highest BCUT2D eigenvalue weighted by molar-refractivity contribution is 5.83. The molecule has 0 saturated carbocycles. The van der Waals surface area contributed by atoms with Crippen LogP contribution in [0.2, 0.25) is 0 Å². The average Bonchev–Trinajstić information content (AvgIpc) is 2.69. The fourth-order valence-electron chi connectivity index (χ4n) is 3.18. The van der Waals surface area contributed by atoms with Gasteiger partial charge in [-0.05, 0) is 31.7 Å². The molecule has 1 saturated heterocycles. The number of aromatic amines is 1. The van der Waals surface area contributed by atoms with Crippen molar-refractivity contribution in [3.8, 4) is 6.07 Å². The topological polar surface area (TPSA) is 44.0 Å². The Balaban J connectivity index is 1.95. The van der Waals surface area contributed by atoms with Crippen LogP contribution in [0.4, 0.5) is 0 Å². The second-order valence-electron chi connectivity index (χ2n) is 5.42. The number of H-pyrrole nitrogens is 1. The van der Waals surface area contributed by atoms with E-state index >= 15 is 0 Å². The second kappa shape index (κ2) is 5.46. The first kappa shape index (κ1) is 12.3. The van der Waals surface area contributed by atoms with Crippen LogP contribution in [0.15, 0.2) is 30.5 Å². The smallest absolute Gasteiger partial charge is 0.202 e. The number of nitrogens with zero attached hydrogens (tertiary/aromatic N) is 1. The highest BCUT2D eigenvalue weighted by Gasteiger charge is 2.26. The molecule has 1 aliphatic heterocycles. The summed E-state index contributed by atoms with van der Waals surface area (Å²) in [7, 11) is 0. The summed E-state index contributed by atoms with van der Waals surface area (Å²) in [5.41, 5.74) is 2.29. The predicted octanol–water partition coefficient (Wildman–Crippen LogP) is 2.19. The molecule has 0 aliphatic carbocycles. The predicted molar refractivity (Wildman–Crippen MR) is 75.8 cm³/mol. The van der Waals surface area contributed by atoms with Crippen LogP contribution in [0, 0.1) is 11.3 Å². The number of quaternary nitrogens is 1. The highest BCUT2D eigenvalue weighted by atomic mass is 15.2. The van der Waals surface area contributed by atoms with E-state index in [0.717, 1.165) is 24.2 Å². The molecule has 1 atom stereocenters. The van der Waals surface area contributed by atoms with Crippen molar-refractivity contribution in [1.82, 2.24) is 4.98 Å². The number of rotatable bonds is 2. The monoisotopic (exact) mass is 254 g/mol. The Morgan fingerprint density at radius 3 is 2.58 bits per heavy atom. The maximum Gasteiger partial charge on any atom is 0.202 e. The maximum absolute atomic E-state index is 9.62. The Kier molecular flexibility index (Phi) is 3.52. The van der Waals surface area contributed by atoms with Gasteiger partial charge < -0.3 is 9.88 Å². The molecule has 3 nitrogen and oxygen atoms in total. The van der Waals surface area contributed by atoms with Gasteiger partial charge in [-0.1, -0.05) is 18.2 Å². The van der Waals surface area contributed by atoms with E-state index in [4.69, 9.17) is 0 Å². The Bertz CT molecular complexity index is 585. The summed E-state index contributed by atoms with van der Waals surface area (Å²) >= 11 is 0. The Hall–Kier alpha value is -1.79. The van der Waals surface area contributed by atoms with Crippen LogP contribution >= 0.6 is 0 Å². The van der Waals surface area contributed by atoms with E-state index in [-0.39, 0.29) is 6.04 Å².